The third-order valence-corrected chi connectivity index (χ3v) is 2.29. The zero-order valence-corrected chi connectivity index (χ0v) is 9.22. The lowest BCUT2D eigenvalue weighted by Crippen LogP contribution is -2.21. The molecule has 1 unspecified atom stereocenters. The third kappa shape index (κ3) is 3.89. The molecule has 0 bridgehead atoms. The van der Waals surface area contributed by atoms with E-state index in [1.54, 1.807) is 0 Å². The van der Waals surface area contributed by atoms with Gasteiger partial charge in [0.25, 0.3) is 0 Å². The van der Waals surface area contributed by atoms with Crippen molar-refractivity contribution in [1.29, 1.82) is 0 Å². The zero-order chi connectivity index (χ0) is 13.0. The van der Waals surface area contributed by atoms with Gasteiger partial charge in [-0.3, -0.25) is 0 Å². The van der Waals surface area contributed by atoms with Gasteiger partial charge in [-0.15, -0.1) is 0 Å². The number of hydrogen-bond acceptors (Lipinski definition) is 2. The topological polar surface area (TPSA) is 35.2 Å². The number of rotatable bonds is 5. The summed E-state index contributed by atoms with van der Waals surface area (Å²) in [5.41, 5.74) is 5.94. The van der Waals surface area contributed by atoms with Gasteiger partial charge in [0.2, 0.25) is 0 Å². The molecule has 0 aliphatic carbocycles. The van der Waals surface area contributed by atoms with Gasteiger partial charge in [0.1, 0.15) is 0 Å². The van der Waals surface area contributed by atoms with Crippen LogP contribution < -0.4 is 10.5 Å². The Morgan fingerprint density at radius 2 is 1.76 bits per heavy atom. The van der Waals surface area contributed by atoms with E-state index >= 15 is 0 Å². The number of hydrogen-bond donors (Lipinski definition) is 1. The van der Waals surface area contributed by atoms with E-state index in [2.05, 4.69) is 4.74 Å². The molecule has 1 aromatic carbocycles. The van der Waals surface area contributed by atoms with Gasteiger partial charge in [-0.25, -0.2) is 8.78 Å². The molecule has 0 amide bonds. The lowest BCUT2D eigenvalue weighted by atomic mass is 10.0. The van der Waals surface area contributed by atoms with Gasteiger partial charge in [-0.2, -0.15) is 8.78 Å². The molecule has 0 radical (unpaired) electrons. The summed E-state index contributed by atoms with van der Waals surface area (Å²) >= 11 is 0. The molecule has 2 nitrogen and oxygen atoms in total. The fourth-order valence-corrected chi connectivity index (χ4v) is 1.38. The Kier molecular flexibility index (Phi) is 4.74. The molecule has 0 aliphatic heterocycles. The Hall–Kier alpha value is -1.30. The maximum atomic E-state index is 13.3. The van der Waals surface area contributed by atoms with E-state index in [0.29, 0.717) is 12.0 Å². The lowest BCUT2D eigenvalue weighted by Gasteiger charge is -2.11. The standard InChI is InChI=1S/C11H13F4NO/c1-2-7(16)3-6-4-8(12)10(9(13)5-6)17-11(14)15/h4-5,7,11H,2-3,16H2,1H3. The van der Waals surface area contributed by atoms with Crippen molar-refractivity contribution >= 4 is 0 Å². The molecule has 0 spiro atoms. The minimum atomic E-state index is -3.26. The summed E-state index contributed by atoms with van der Waals surface area (Å²) in [6.45, 7) is -1.42. The maximum Gasteiger partial charge on any atom is 0.387 e. The fraction of sp³-hybridized carbons (Fsp3) is 0.455. The minimum Gasteiger partial charge on any atom is -0.429 e. The van der Waals surface area contributed by atoms with Crippen LogP contribution >= 0.6 is 0 Å². The van der Waals surface area contributed by atoms with Crippen LogP contribution in [-0.4, -0.2) is 12.7 Å². The van der Waals surface area contributed by atoms with Crippen LogP contribution in [0.3, 0.4) is 0 Å². The largest absolute Gasteiger partial charge is 0.429 e. The molecule has 17 heavy (non-hydrogen) atoms. The van der Waals surface area contributed by atoms with E-state index in [4.69, 9.17) is 5.73 Å². The summed E-state index contributed by atoms with van der Waals surface area (Å²) in [5, 5.41) is 0. The number of nitrogens with two attached hydrogens (primary N) is 1. The summed E-state index contributed by atoms with van der Waals surface area (Å²) < 4.78 is 54.1. The summed E-state index contributed by atoms with van der Waals surface area (Å²) in [5.74, 6) is -3.36. The summed E-state index contributed by atoms with van der Waals surface area (Å²) in [4.78, 5) is 0. The van der Waals surface area contributed by atoms with E-state index in [-0.39, 0.29) is 12.5 Å². The first kappa shape index (κ1) is 13.8. The molecule has 2 N–H and O–H groups in total. The van der Waals surface area contributed by atoms with Crippen molar-refractivity contribution in [3.8, 4) is 5.75 Å². The second-order valence-corrected chi connectivity index (χ2v) is 3.64. The van der Waals surface area contributed by atoms with E-state index in [9.17, 15) is 17.6 Å². The van der Waals surface area contributed by atoms with Crippen molar-refractivity contribution in [3.05, 3.63) is 29.3 Å². The van der Waals surface area contributed by atoms with E-state index in [0.717, 1.165) is 12.1 Å². The average Bonchev–Trinajstić information content (AvgIpc) is 2.23. The van der Waals surface area contributed by atoms with Crippen LogP contribution in [-0.2, 0) is 6.42 Å². The van der Waals surface area contributed by atoms with Crippen molar-refractivity contribution in [3.63, 3.8) is 0 Å². The highest BCUT2D eigenvalue weighted by Gasteiger charge is 2.17. The molecular formula is C11H13F4NO. The Balaban J connectivity index is 2.92. The maximum absolute atomic E-state index is 13.3. The van der Waals surface area contributed by atoms with E-state index in [1.807, 2.05) is 6.92 Å². The van der Waals surface area contributed by atoms with Crippen LogP contribution in [0.1, 0.15) is 18.9 Å². The van der Waals surface area contributed by atoms with Crippen molar-refractivity contribution in [2.45, 2.75) is 32.4 Å². The van der Waals surface area contributed by atoms with Crippen LogP contribution in [0.4, 0.5) is 17.6 Å². The Labute approximate surface area is 96.4 Å². The molecule has 0 fully saturated rings. The van der Waals surface area contributed by atoms with Crippen LogP contribution in [0.5, 0.6) is 5.75 Å². The number of alkyl halides is 2. The number of halogens is 4. The third-order valence-electron chi connectivity index (χ3n) is 2.29. The minimum absolute atomic E-state index is 0.226. The highest BCUT2D eigenvalue weighted by molar-refractivity contribution is 5.31. The van der Waals surface area contributed by atoms with Gasteiger partial charge in [0.15, 0.2) is 17.4 Å². The van der Waals surface area contributed by atoms with Gasteiger partial charge in [-0.05, 0) is 30.5 Å². The van der Waals surface area contributed by atoms with Gasteiger partial charge in [0.05, 0.1) is 0 Å². The molecule has 96 valence electrons. The van der Waals surface area contributed by atoms with E-state index < -0.39 is 24.0 Å². The first-order chi connectivity index (χ1) is 7.93. The predicted molar refractivity (Wildman–Crippen MR) is 55.0 cm³/mol. The second-order valence-electron chi connectivity index (χ2n) is 3.64. The SMILES string of the molecule is CCC(N)Cc1cc(F)c(OC(F)F)c(F)c1. The van der Waals surface area contributed by atoms with Gasteiger partial charge >= 0.3 is 6.61 Å². The molecule has 1 rings (SSSR count). The van der Waals surface area contributed by atoms with Crippen LogP contribution in [0, 0.1) is 11.6 Å². The molecule has 1 atom stereocenters. The normalized spacial score (nSPS) is 12.9. The second kappa shape index (κ2) is 5.86. The Morgan fingerprint density at radius 1 is 1.24 bits per heavy atom. The highest BCUT2D eigenvalue weighted by Crippen LogP contribution is 2.25. The van der Waals surface area contributed by atoms with Crippen LogP contribution in [0.25, 0.3) is 0 Å². The van der Waals surface area contributed by atoms with Gasteiger partial charge in [-0.1, -0.05) is 6.92 Å². The first-order valence-corrected chi connectivity index (χ1v) is 5.12. The van der Waals surface area contributed by atoms with Crippen molar-refractivity contribution < 1.29 is 22.3 Å². The van der Waals surface area contributed by atoms with Gasteiger partial charge in [0, 0.05) is 6.04 Å². The first-order valence-electron chi connectivity index (χ1n) is 5.12. The summed E-state index contributed by atoms with van der Waals surface area (Å²) in [7, 11) is 0. The van der Waals surface area contributed by atoms with Gasteiger partial charge < -0.3 is 10.5 Å². The molecule has 0 aromatic heterocycles. The molecule has 0 saturated heterocycles. The van der Waals surface area contributed by atoms with Crippen molar-refractivity contribution in [2.24, 2.45) is 5.73 Å². The molecule has 0 aliphatic rings. The van der Waals surface area contributed by atoms with Crippen molar-refractivity contribution in [2.75, 3.05) is 0 Å². The van der Waals surface area contributed by atoms with Crippen LogP contribution in [0.2, 0.25) is 0 Å². The average molecular weight is 251 g/mol. The van der Waals surface area contributed by atoms with Crippen LogP contribution in [0.15, 0.2) is 12.1 Å². The monoisotopic (exact) mass is 251 g/mol. The number of benzene rings is 1. The van der Waals surface area contributed by atoms with E-state index in [1.165, 1.54) is 0 Å². The van der Waals surface area contributed by atoms with Crippen molar-refractivity contribution in [1.82, 2.24) is 0 Å². The Bertz CT molecular complexity index is 361. The molecule has 0 heterocycles. The zero-order valence-electron chi connectivity index (χ0n) is 9.22. The molecule has 1 aromatic rings. The summed E-state index contributed by atoms with van der Waals surface area (Å²) in [6, 6.07) is 1.68. The summed E-state index contributed by atoms with van der Waals surface area (Å²) in [6.07, 6.45) is 0.928. The molecule has 0 saturated carbocycles. The highest BCUT2D eigenvalue weighted by atomic mass is 19.3. The smallest absolute Gasteiger partial charge is 0.387 e. The molecular weight excluding hydrogens is 238 g/mol. The predicted octanol–water partition coefficient (Wildman–Crippen LogP) is 2.85. The quantitative estimate of drug-likeness (QED) is 0.817. The molecule has 6 heteroatoms. The number of ether oxygens (including phenoxy) is 1. The Morgan fingerprint density at radius 3 is 2.18 bits per heavy atom. The fourth-order valence-electron chi connectivity index (χ4n) is 1.38. The lowest BCUT2D eigenvalue weighted by molar-refractivity contribution is -0.0546.